The van der Waals surface area contributed by atoms with Gasteiger partial charge in [-0.15, -0.1) is 10.2 Å². The maximum atomic E-state index is 12.9. The van der Waals surface area contributed by atoms with Crippen LogP contribution in [0, 0.1) is 0 Å². The van der Waals surface area contributed by atoms with E-state index in [1.807, 2.05) is 23.4 Å². The molecule has 3 rings (SSSR count). The highest BCUT2D eigenvalue weighted by Gasteiger charge is 2.33. The second kappa shape index (κ2) is 6.08. The third-order valence-corrected chi connectivity index (χ3v) is 4.33. The van der Waals surface area contributed by atoms with Crippen LogP contribution in [0.4, 0.5) is 0 Å². The number of halogens is 1. The van der Waals surface area contributed by atoms with Crippen LogP contribution in [0.25, 0.3) is 0 Å². The summed E-state index contributed by atoms with van der Waals surface area (Å²) < 4.78 is 3.54. The summed E-state index contributed by atoms with van der Waals surface area (Å²) in [5, 5.41) is 12.8. The van der Waals surface area contributed by atoms with Gasteiger partial charge >= 0.3 is 0 Å². The van der Waals surface area contributed by atoms with Gasteiger partial charge in [0.2, 0.25) is 0 Å². The second-order valence-electron chi connectivity index (χ2n) is 5.49. The Kier molecular flexibility index (Phi) is 4.15. The Labute approximate surface area is 133 Å². The van der Waals surface area contributed by atoms with E-state index < -0.39 is 0 Å². The number of piperidine rings is 1. The quantitative estimate of drug-likeness (QED) is 0.867. The van der Waals surface area contributed by atoms with E-state index in [4.69, 9.17) is 11.6 Å². The Morgan fingerprint density at radius 3 is 2.91 bits per heavy atom. The predicted octanol–water partition coefficient (Wildman–Crippen LogP) is 2.05. The number of hydrogen-bond acceptors (Lipinski definition) is 4. The molecule has 1 saturated heterocycles. The van der Waals surface area contributed by atoms with Gasteiger partial charge in [0.25, 0.3) is 5.91 Å². The smallest absolute Gasteiger partial charge is 0.276 e. The first-order valence-corrected chi connectivity index (χ1v) is 7.87. The van der Waals surface area contributed by atoms with E-state index in [9.17, 15) is 4.79 Å². The molecule has 118 valence electrons. The van der Waals surface area contributed by atoms with Crippen molar-refractivity contribution in [2.24, 2.45) is 7.05 Å². The molecule has 0 radical (unpaired) electrons. The van der Waals surface area contributed by atoms with Crippen LogP contribution in [0.15, 0.2) is 12.5 Å². The summed E-state index contributed by atoms with van der Waals surface area (Å²) in [4.78, 5) is 14.7. The van der Waals surface area contributed by atoms with E-state index in [2.05, 4.69) is 15.3 Å². The summed E-state index contributed by atoms with van der Waals surface area (Å²) in [7, 11) is 1.89. The van der Waals surface area contributed by atoms with Crippen LogP contribution in [0.3, 0.4) is 0 Å². The minimum atomic E-state index is -0.134. The minimum absolute atomic E-state index is 0.0726. The van der Waals surface area contributed by atoms with E-state index in [0.717, 1.165) is 25.1 Å². The van der Waals surface area contributed by atoms with Gasteiger partial charge in [-0.2, -0.15) is 5.10 Å². The van der Waals surface area contributed by atoms with Gasteiger partial charge in [0.05, 0.1) is 11.1 Å². The van der Waals surface area contributed by atoms with Crippen molar-refractivity contribution in [3.05, 3.63) is 29.1 Å². The Bertz CT molecular complexity index is 679. The standard InChI is InChI=1S/C14H19ClN6O/c1-3-20-8-10(15)12(18-20)14(22)21-7-5-4-6-11(21)13-17-16-9-19(13)2/h8-9,11H,3-7H2,1-2H3/t11-/m1/s1. The molecular weight excluding hydrogens is 304 g/mol. The Hall–Kier alpha value is -1.89. The molecule has 2 aromatic heterocycles. The van der Waals surface area contributed by atoms with Gasteiger partial charge in [-0.1, -0.05) is 11.6 Å². The fraction of sp³-hybridized carbons (Fsp3) is 0.571. The maximum Gasteiger partial charge on any atom is 0.276 e. The van der Waals surface area contributed by atoms with Gasteiger partial charge in [-0.05, 0) is 26.2 Å². The number of hydrogen-bond donors (Lipinski definition) is 0. The predicted molar refractivity (Wildman–Crippen MR) is 81.5 cm³/mol. The zero-order valence-corrected chi connectivity index (χ0v) is 13.5. The van der Waals surface area contributed by atoms with Crippen LogP contribution in [0.2, 0.25) is 5.02 Å². The van der Waals surface area contributed by atoms with Crippen molar-refractivity contribution in [3.8, 4) is 0 Å². The zero-order valence-electron chi connectivity index (χ0n) is 12.7. The van der Waals surface area contributed by atoms with Crippen LogP contribution in [0.1, 0.15) is 48.5 Å². The van der Waals surface area contributed by atoms with Gasteiger partial charge in [-0.25, -0.2) is 0 Å². The Balaban J connectivity index is 1.91. The van der Waals surface area contributed by atoms with Crippen LogP contribution < -0.4 is 0 Å². The molecule has 0 aromatic carbocycles. The van der Waals surface area contributed by atoms with E-state index in [-0.39, 0.29) is 11.9 Å². The molecule has 3 heterocycles. The minimum Gasteiger partial charge on any atom is -0.327 e. The van der Waals surface area contributed by atoms with Crippen molar-refractivity contribution >= 4 is 17.5 Å². The number of aryl methyl sites for hydroxylation is 2. The lowest BCUT2D eigenvalue weighted by Crippen LogP contribution is -2.40. The average Bonchev–Trinajstić information content (AvgIpc) is 3.12. The lowest BCUT2D eigenvalue weighted by molar-refractivity contribution is 0.0589. The van der Waals surface area contributed by atoms with Crippen LogP contribution in [-0.2, 0) is 13.6 Å². The molecule has 1 atom stereocenters. The number of amides is 1. The molecule has 2 aromatic rings. The van der Waals surface area contributed by atoms with Gasteiger partial charge in [0.1, 0.15) is 6.33 Å². The molecule has 7 nitrogen and oxygen atoms in total. The van der Waals surface area contributed by atoms with Crippen molar-refractivity contribution in [1.82, 2.24) is 29.4 Å². The van der Waals surface area contributed by atoms with Crippen molar-refractivity contribution in [3.63, 3.8) is 0 Å². The van der Waals surface area contributed by atoms with Gasteiger partial charge in [0.15, 0.2) is 11.5 Å². The average molecular weight is 323 g/mol. The summed E-state index contributed by atoms with van der Waals surface area (Å²) >= 11 is 6.18. The first-order valence-electron chi connectivity index (χ1n) is 7.49. The van der Waals surface area contributed by atoms with E-state index in [1.54, 1.807) is 17.2 Å². The molecule has 0 spiro atoms. The topological polar surface area (TPSA) is 68.8 Å². The lowest BCUT2D eigenvalue weighted by atomic mass is 10.0. The van der Waals surface area contributed by atoms with E-state index in [0.29, 0.717) is 23.8 Å². The molecule has 0 bridgehead atoms. The summed E-state index contributed by atoms with van der Waals surface area (Å²) in [6.45, 7) is 3.33. The van der Waals surface area contributed by atoms with Crippen LogP contribution >= 0.6 is 11.6 Å². The fourth-order valence-electron chi connectivity index (χ4n) is 2.88. The summed E-state index contributed by atoms with van der Waals surface area (Å²) in [5.41, 5.74) is 0.317. The van der Waals surface area contributed by atoms with E-state index >= 15 is 0 Å². The van der Waals surface area contributed by atoms with Gasteiger partial charge < -0.3 is 9.47 Å². The van der Waals surface area contributed by atoms with Crippen molar-refractivity contribution in [2.45, 2.75) is 38.8 Å². The monoisotopic (exact) mass is 322 g/mol. The fourth-order valence-corrected chi connectivity index (χ4v) is 3.11. The highest BCUT2D eigenvalue weighted by molar-refractivity contribution is 6.33. The normalized spacial score (nSPS) is 18.7. The number of rotatable bonds is 3. The Morgan fingerprint density at radius 2 is 2.27 bits per heavy atom. The molecule has 22 heavy (non-hydrogen) atoms. The molecule has 8 heteroatoms. The zero-order chi connectivity index (χ0) is 15.7. The van der Waals surface area contributed by atoms with Gasteiger partial charge in [0, 0.05) is 26.3 Å². The molecule has 0 saturated carbocycles. The summed E-state index contributed by atoms with van der Waals surface area (Å²) in [6.07, 6.45) is 6.27. The van der Waals surface area contributed by atoms with Crippen molar-refractivity contribution in [1.29, 1.82) is 0 Å². The van der Waals surface area contributed by atoms with Crippen LogP contribution in [0.5, 0.6) is 0 Å². The molecule has 1 amide bonds. The molecular formula is C14H19ClN6O. The summed E-state index contributed by atoms with van der Waals surface area (Å²) in [5.74, 6) is 0.670. The summed E-state index contributed by atoms with van der Waals surface area (Å²) in [6, 6.07) is -0.0726. The van der Waals surface area contributed by atoms with Crippen molar-refractivity contribution in [2.75, 3.05) is 6.54 Å². The molecule has 0 unspecified atom stereocenters. The first-order chi connectivity index (χ1) is 10.6. The number of likely N-dealkylation sites (tertiary alicyclic amines) is 1. The van der Waals surface area contributed by atoms with Crippen LogP contribution in [-0.4, -0.2) is 41.9 Å². The Morgan fingerprint density at radius 1 is 1.45 bits per heavy atom. The number of aromatic nitrogens is 5. The van der Waals surface area contributed by atoms with Gasteiger partial charge in [-0.3, -0.25) is 9.48 Å². The molecule has 1 fully saturated rings. The second-order valence-corrected chi connectivity index (χ2v) is 5.90. The third kappa shape index (κ3) is 2.61. The lowest BCUT2D eigenvalue weighted by Gasteiger charge is -2.34. The van der Waals surface area contributed by atoms with Crippen molar-refractivity contribution < 1.29 is 4.79 Å². The molecule has 0 N–H and O–H groups in total. The maximum absolute atomic E-state index is 12.9. The SMILES string of the molecule is CCn1cc(Cl)c(C(=O)N2CCCC[C@@H]2c2nncn2C)n1. The highest BCUT2D eigenvalue weighted by Crippen LogP contribution is 2.31. The van der Waals surface area contributed by atoms with E-state index in [1.165, 1.54) is 0 Å². The molecule has 0 aliphatic carbocycles. The molecule has 1 aliphatic rings. The third-order valence-electron chi connectivity index (χ3n) is 4.05. The number of nitrogens with zero attached hydrogens (tertiary/aromatic N) is 6. The molecule has 1 aliphatic heterocycles. The largest absolute Gasteiger partial charge is 0.327 e. The highest BCUT2D eigenvalue weighted by atomic mass is 35.5. The number of carbonyl (C=O) groups excluding carboxylic acids is 1. The first kappa shape index (κ1) is 15.0. The number of carbonyl (C=O) groups is 1.